The van der Waals surface area contributed by atoms with Crippen molar-refractivity contribution in [3.63, 3.8) is 0 Å². The first-order valence-electron chi connectivity index (χ1n) is 21.0. The number of aryl methyl sites for hydroxylation is 2. The lowest BCUT2D eigenvalue weighted by Crippen LogP contribution is -1.99. The van der Waals surface area contributed by atoms with Crippen LogP contribution in [0.5, 0.6) is 0 Å². The van der Waals surface area contributed by atoms with Crippen LogP contribution in [0, 0.1) is 13.8 Å². The molecular formula is C55H35N5S2. The molecule has 7 heteroatoms. The Labute approximate surface area is 363 Å². The number of fused-ring (bicyclic) bond motifs is 15. The van der Waals surface area contributed by atoms with Crippen LogP contribution in [0.15, 0.2) is 176 Å². The second-order valence-electron chi connectivity index (χ2n) is 16.5. The normalized spacial score (nSPS) is 12.4. The van der Waals surface area contributed by atoms with Gasteiger partial charge in [-0.15, -0.1) is 22.7 Å². The van der Waals surface area contributed by atoms with E-state index in [2.05, 4.69) is 208 Å². The highest BCUT2D eigenvalue weighted by molar-refractivity contribution is 7.26. The summed E-state index contributed by atoms with van der Waals surface area (Å²) in [6.07, 6.45) is 0. The van der Waals surface area contributed by atoms with Gasteiger partial charge in [0.25, 0.3) is 0 Å². The highest BCUT2D eigenvalue weighted by Crippen LogP contribution is 2.48. The topological polar surface area (TPSA) is 32.1 Å². The number of para-hydroxylation sites is 6. The summed E-state index contributed by atoms with van der Waals surface area (Å²) in [5.74, 6) is 0.911. The molecule has 292 valence electrons. The van der Waals surface area contributed by atoms with Gasteiger partial charge in [-0.05, 0) is 127 Å². The van der Waals surface area contributed by atoms with E-state index in [0.29, 0.717) is 0 Å². The molecule has 14 aromatic rings. The number of imidazole rings is 2. The van der Waals surface area contributed by atoms with Gasteiger partial charge >= 0.3 is 0 Å². The van der Waals surface area contributed by atoms with Crippen molar-refractivity contribution in [3.05, 3.63) is 187 Å². The van der Waals surface area contributed by atoms with E-state index in [1.807, 2.05) is 22.7 Å². The second-order valence-corrected chi connectivity index (χ2v) is 18.6. The van der Waals surface area contributed by atoms with Crippen molar-refractivity contribution in [2.45, 2.75) is 13.8 Å². The molecule has 0 atom stereocenters. The fraction of sp³-hybridized carbons (Fsp3) is 0.0364. The molecule has 8 aromatic carbocycles. The van der Waals surface area contributed by atoms with E-state index < -0.39 is 0 Å². The van der Waals surface area contributed by atoms with E-state index in [-0.39, 0.29) is 0 Å². The van der Waals surface area contributed by atoms with Crippen LogP contribution in [0.4, 0.5) is 0 Å². The van der Waals surface area contributed by atoms with Crippen LogP contribution in [0.3, 0.4) is 0 Å². The predicted molar refractivity (Wildman–Crippen MR) is 264 cm³/mol. The summed E-state index contributed by atoms with van der Waals surface area (Å²) in [5.41, 5.74) is 15.3. The number of thiophene rings is 2. The Kier molecular flexibility index (Phi) is 6.94. The van der Waals surface area contributed by atoms with Crippen LogP contribution in [-0.4, -0.2) is 23.1 Å². The monoisotopic (exact) mass is 829 g/mol. The average molecular weight is 830 g/mol. The number of hydrogen-bond acceptors (Lipinski definition) is 3. The molecule has 0 radical (unpaired) electrons. The minimum Gasteiger partial charge on any atom is -0.301 e. The highest BCUT2D eigenvalue weighted by atomic mass is 32.1. The molecule has 0 N–H and O–H groups in total. The first-order valence-corrected chi connectivity index (χ1v) is 22.7. The average Bonchev–Trinajstić information content (AvgIpc) is 4.14. The van der Waals surface area contributed by atoms with E-state index in [1.54, 1.807) is 0 Å². The molecule has 0 amide bonds. The minimum absolute atomic E-state index is 0.911. The van der Waals surface area contributed by atoms with Crippen molar-refractivity contribution in [1.29, 1.82) is 0 Å². The lowest BCUT2D eigenvalue weighted by molar-refractivity contribution is 1.09. The summed E-state index contributed by atoms with van der Waals surface area (Å²) < 4.78 is 12.2. The van der Waals surface area contributed by atoms with Gasteiger partial charge in [0.2, 0.25) is 5.78 Å². The number of benzene rings is 8. The Balaban J connectivity index is 1.01. The molecule has 62 heavy (non-hydrogen) atoms. The molecule has 0 unspecified atom stereocenters. The molecule has 0 saturated carbocycles. The maximum absolute atomic E-state index is 5.19. The molecule has 14 rings (SSSR count). The van der Waals surface area contributed by atoms with Crippen LogP contribution in [-0.2, 0) is 0 Å². The Bertz CT molecular complexity index is 4190. The summed E-state index contributed by atoms with van der Waals surface area (Å²) >= 11 is 3.77. The van der Waals surface area contributed by atoms with Crippen molar-refractivity contribution < 1.29 is 0 Å². The molecule has 6 aromatic heterocycles. The van der Waals surface area contributed by atoms with Crippen LogP contribution in [0.2, 0.25) is 0 Å². The van der Waals surface area contributed by atoms with Gasteiger partial charge in [0, 0.05) is 53.1 Å². The van der Waals surface area contributed by atoms with Crippen LogP contribution >= 0.6 is 22.7 Å². The first-order chi connectivity index (χ1) is 30.6. The molecule has 0 saturated heterocycles. The van der Waals surface area contributed by atoms with Crippen molar-refractivity contribution in [2.75, 3.05) is 0 Å². The van der Waals surface area contributed by atoms with E-state index in [9.17, 15) is 0 Å². The third-order valence-electron chi connectivity index (χ3n) is 13.0. The van der Waals surface area contributed by atoms with Gasteiger partial charge in [0.1, 0.15) is 9.66 Å². The van der Waals surface area contributed by atoms with Crippen LogP contribution in [0.25, 0.3) is 118 Å². The van der Waals surface area contributed by atoms with Gasteiger partial charge < -0.3 is 9.13 Å². The summed E-state index contributed by atoms with van der Waals surface area (Å²) in [6.45, 7) is 4.57. The summed E-state index contributed by atoms with van der Waals surface area (Å²) in [6, 6.07) is 64.4. The smallest absolute Gasteiger partial charge is 0.220 e. The van der Waals surface area contributed by atoms with Gasteiger partial charge in [-0.25, -0.2) is 4.98 Å². The van der Waals surface area contributed by atoms with Gasteiger partial charge in [-0.1, -0.05) is 84.9 Å². The Morgan fingerprint density at radius 2 is 0.968 bits per heavy atom. The highest BCUT2D eigenvalue weighted by Gasteiger charge is 2.24. The molecule has 0 aliphatic heterocycles. The Hall–Kier alpha value is -7.45. The van der Waals surface area contributed by atoms with Crippen molar-refractivity contribution in [1.82, 2.24) is 23.1 Å². The fourth-order valence-electron chi connectivity index (χ4n) is 10.3. The van der Waals surface area contributed by atoms with Gasteiger partial charge in [-0.3, -0.25) is 8.97 Å². The standard InChI is InChI=1S/C55H35N5S2/c1-32-27-48-41(30-39(32)40-31-42-50(28-33(40)2)62-53-51(42)37-19-6-9-22-44(37)57(53)34-15-4-3-5-16-34)52-38-20-7-13-26-49(38)61-54(52)58(48)35-17-14-18-36(29-35)59-46-24-11-12-25-47(46)60-45-23-10-8-21-43(45)56-55(59)60/h3-31H,1-2H3. The number of rotatable bonds is 4. The van der Waals surface area contributed by atoms with Crippen molar-refractivity contribution in [2.24, 2.45) is 0 Å². The Morgan fingerprint density at radius 3 is 1.79 bits per heavy atom. The van der Waals surface area contributed by atoms with Crippen LogP contribution < -0.4 is 0 Å². The van der Waals surface area contributed by atoms with Gasteiger partial charge in [-0.2, -0.15) is 0 Å². The SMILES string of the molecule is Cc1cc2sc3c(c2cc1-c1cc2c4c5ccccc5sc4n(-c4cccc(-n5c6ccccc6n6c7ccccc7nc56)c4)c2cc1C)c1ccccc1n3-c1ccccc1. The minimum atomic E-state index is 0.911. The van der Waals surface area contributed by atoms with Crippen molar-refractivity contribution >= 4 is 113 Å². The van der Waals surface area contributed by atoms with E-state index in [4.69, 9.17) is 4.98 Å². The molecule has 0 aliphatic rings. The largest absolute Gasteiger partial charge is 0.301 e. The lowest BCUT2D eigenvalue weighted by Gasteiger charge is -2.14. The second kappa shape index (κ2) is 12.6. The Morgan fingerprint density at radius 1 is 0.387 bits per heavy atom. The summed E-state index contributed by atoms with van der Waals surface area (Å²) in [5, 5.41) is 7.81. The molecule has 0 spiro atoms. The zero-order valence-corrected chi connectivity index (χ0v) is 35.4. The van der Waals surface area contributed by atoms with E-state index >= 15 is 0 Å². The first kappa shape index (κ1) is 34.3. The van der Waals surface area contributed by atoms with Gasteiger partial charge in [0.15, 0.2) is 0 Å². The zero-order valence-electron chi connectivity index (χ0n) is 33.8. The maximum Gasteiger partial charge on any atom is 0.220 e. The molecule has 0 fully saturated rings. The lowest BCUT2D eigenvalue weighted by atomic mass is 9.93. The zero-order chi connectivity index (χ0) is 40.8. The molecule has 0 bridgehead atoms. The predicted octanol–water partition coefficient (Wildman–Crippen LogP) is 15.3. The van der Waals surface area contributed by atoms with Crippen molar-refractivity contribution in [3.8, 4) is 28.2 Å². The third kappa shape index (κ3) is 4.58. The number of hydrogen-bond donors (Lipinski definition) is 0. The fourth-order valence-corrected chi connectivity index (χ4v) is 12.9. The van der Waals surface area contributed by atoms with Crippen LogP contribution in [0.1, 0.15) is 11.1 Å². The number of nitrogens with zero attached hydrogens (tertiary/aromatic N) is 5. The molecule has 6 heterocycles. The van der Waals surface area contributed by atoms with E-state index in [0.717, 1.165) is 39.2 Å². The quantitative estimate of drug-likeness (QED) is 0.174. The summed E-state index contributed by atoms with van der Waals surface area (Å²) in [7, 11) is 0. The molecular weight excluding hydrogens is 795 g/mol. The summed E-state index contributed by atoms with van der Waals surface area (Å²) in [4.78, 5) is 7.73. The third-order valence-corrected chi connectivity index (χ3v) is 15.3. The molecule has 0 aliphatic carbocycles. The maximum atomic E-state index is 5.19. The number of aromatic nitrogens is 5. The van der Waals surface area contributed by atoms with Gasteiger partial charge in [0.05, 0.1) is 38.8 Å². The van der Waals surface area contributed by atoms with E-state index in [1.165, 1.54) is 90.4 Å². The molecule has 5 nitrogen and oxygen atoms in total.